The second-order valence-electron chi connectivity index (χ2n) is 2.79. The summed E-state index contributed by atoms with van der Waals surface area (Å²) in [7, 11) is 1.61. The number of nitrogens with two attached hydrogens (primary N) is 1. The van der Waals surface area contributed by atoms with E-state index >= 15 is 0 Å². The SMILES string of the molecule is COc1ccc(N)c(-n2cnnc2)c1. The van der Waals surface area contributed by atoms with Crippen molar-refractivity contribution in [2.45, 2.75) is 0 Å². The molecule has 1 heterocycles. The van der Waals surface area contributed by atoms with Crippen LogP contribution in [0.5, 0.6) is 5.75 Å². The summed E-state index contributed by atoms with van der Waals surface area (Å²) < 4.78 is 6.83. The van der Waals surface area contributed by atoms with Gasteiger partial charge < -0.3 is 10.5 Å². The number of benzene rings is 1. The fraction of sp³-hybridized carbons (Fsp3) is 0.111. The second kappa shape index (κ2) is 3.37. The van der Waals surface area contributed by atoms with E-state index in [0.29, 0.717) is 5.69 Å². The van der Waals surface area contributed by atoms with Crippen molar-refractivity contribution >= 4 is 5.69 Å². The summed E-state index contributed by atoms with van der Waals surface area (Å²) >= 11 is 0. The van der Waals surface area contributed by atoms with Crippen LogP contribution in [0.25, 0.3) is 5.69 Å². The number of rotatable bonds is 2. The highest BCUT2D eigenvalue weighted by atomic mass is 16.5. The molecule has 5 nitrogen and oxygen atoms in total. The molecule has 0 fully saturated rings. The third kappa shape index (κ3) is 1.39. The highest BCUT2D eigenvalue weighted by molar-refractivity contribution is 5.60. The van der Waals surface area contributed by atoms with Crippen molar-refractivity contribution < 1.29 is 4.74 Å². The molecule has 0 spiro atoms. The first kappa shape index (κ1) is 8.55. The molecular formula is C9H10N4O. The third-order valence-electron chi connectivity index (χ3n) is 1.93. The molecular weight excluding hydrogens is 180 g/mol. The molecule has 1 aromatic carbocycles. The first-order valence-corrected chi connectivity index (χ1v) is 4.10. The number of nitrogen functional groups attached to an aromatic ring is 1. The Morgan fingerprint density at radius 3 is 2.64 bits per heavy atom. The lowest BCUT2D eigenvalue weighted by Gasteiger charge is -2.07. The molecule has 0 aliphatic rings. The number of nitrogens with zero attached hydrogens (tertiary/aromatic N) is 3. The van der Waals surface area contributed by atoms with Crippen LogP contribution in [-0.2, 0) is 0 Å². The predicted molar refractivity (Wildman–Crippen MR) is 52.3 cm³/mol. The molecule has 1 aromatic heterocycles. The molecule has 0 saturated heterocycles. The Hall–Kier alpha value is -2.04. The largest absolute Gasteiger partial charge is 0.497 e. The third-order valence-corrected chi connectivity index (χ3v) is 1.93. The van der Waals surface area contributed by atoms with E-state index in [1.165, 1.54) is 0 Å². The van der Waals surface area contributed by atoms with Gasteiger partial charge in [0.25, 0.3) is 0 Å². The minimum Gasteiger partial charge on any atom is -0.497 e. The van der Waals surface area contributed by atoms with Gasteiger partial charge in [-0.25, -0.2) is 0 Å². The van der Waals surface area contributed by atoms with Gasteiger partial charge in [0.15, 0.2) is 0 Å². The topological polar surface area (TPSA) is 66.0 Å². The van der Waals surface area contributed by atoms with Crippen molar-refractivity contribution in [1.29, 1.82) is 0 Å². The van der Waals surface area contributed by atoms with Crippen molar-refractivity contribution in [3.63, 3.8) is 0 Å². The zero-order valence-corrected chi connectivity index (χ0v) is 7.71. The van der Waals surface area contributed by atoms with Crippen LogP contribution < -0.4 is 10.5 Å². The minimum atomic E-state index is 0.658. The molecule has 0 amide bonds. The molecule has 0 aliphatic carbocycles. The van der Waals surface area contributed by atoms with E-state index in [2.05, 4.69) is 10.2 Å². The first-order valence-electron chi connectivity index (χ1n) is 4.10. The molecule has 2 N–H and O–H groups in total. The average molecular weight is 190 g/mol. The molecule has 2 aromatic rings. The van der Waals surface area contributed by atoms with Gasteiger partial charge in [0.2, 0.25) is 0 Å². The summed E-state index contributed by atoms with van der Waals surface area (Å²) in [4.78, 5) is 0. The summed E-state index contributed by atoms with van der Waals surface area (Å²) in [6.45, 7) is 0. The van der Waals surface area contributed by atoms with E-state index < -0.39 is 0 Å². The molecule has 72 valence electrons. The Kier molecular flexibility index (Phi) is 2.06. The number of hydrogen-bond acceptors (Lipinski definition) is 4. The number of anilines is 1. The van der Waals surface area contributed by atoms with Gasteiger partial charge in [0, 0.05) is 6.07 Å². The first-order chi connectivity index (χ1) is 6.81. The van der Waals surface area contributed by atoms with Gasteiger partial charge in [0.05, 0.1) is 18.5 Å². The summed E-state index contributed by atoms with van der Waals surface area (Å²) in [6, 6.07) is 5.43. The Labute approximate surface area is 81.1 Å². The van der Waals surface area contributed by atoms with Gasteiger partial charge in [0.1, 0.15) is 18.4 Å². The Bertz CT molecular complexity index is 424. The Balaban J connectivity index is 2.51. The van der Waals surface area contributed by atoms with Crippen LogP contribution in [0.15, 0.2) is 30.9 Å². The Morgan fingerprint density at radius 1 is 1.29 bits per heavy atom. The molecule has 0 atom stereocenters. The minimum absolute atomic E-state index is 0.658. The summed E-state index contributed by atoms with van der Waals surface area (Å²) in [5.74, 6) is 0.753. The van der Waals surface area contributed by atoms with Crippen LogP contribution in [0.3, 0.4) is 0 Å². The maximum absolute atomic E-state index is 5.80. The van der Waals surface area contributed by atoms with E-state index in [4.69, 9.17) is 10.5 Å². The van der Waals surface area contributed by atoms with Gasteiger partial charge >= 0.3 is 0 Å². The fourth-order valence-corrected chi connectivity index (χ4v) is 1.20. The summed E-state index contributed by atoms with van der Waals surface area (Å²) in [5, 5.41) is 7.42. The quantitative estimate of drug-likeness (QED) is 0.713. The van der Waals surface area contributed by atoms with Crippen LogP contribution in [0, 0.1) is 0 Å². The molecule has 0 radical (unpaired) electrons. The van der Waals surface area contributed by atoms with Gasteiger partial charge in [-0.3, -0.25) is 4.57 Å². The molecule has 14 heavy (non-hydrogen) atoms. The van der Waals surface area contributed by atoms with Crippen molar-refractivity contribution in [3.8, 4) is 11.4 Å². The monoisotopic (exact) mass is 190 g/mol. The number of ether oxygens (including phenoxy) is 1. The van der Waals surface area contributed by atoms with Crippen LogP contribution in [-0.4, -0.2) is 21.9 Å². The lowest BCUT2D eigenvalue weighted by Crippen LogP contribution is -1.98. The molecule has 0 saturated carbocycles. The molecule has 2 rings (SSSR count). The van der Waals surface area contributed by atoms with Crippen molar-refractivity contribution in [3.05, 3.63) is 30.9 Å². The highest BCUT2D eigenvalue weighted by Gasteiger charge is 2.03. The fourth-order valence-electron chi connectivity index (χ4n) is 1.20. The number of hydrogen-bond donors (Lipinski definition) is 1. The normalized spacial score (nSPS) is 10.1. The van der Waals surface area contributed by atoms with E-state index in [9.17, 15) is 0 Å². The summed E-state index contributed by atoms with van der Waals surface area (Å²) in [6.07, 6.45) is 3.18. The summed E-state index contributed by atoms with van der Waals surface area (Å²) in [5.41, 5.74) is 7.28. The highest BCUT2D eigenvalue weighted by Crippen LogP contribution is 2.22. The van der Waals surface area contributed by atoms with E-state index in [0.717, 1.165) is 11.4 Å². The van der Waals surface area contributed by atoms with Gasteiger partial charge in [-0.2, -0.15) is 0 Å². The van der Waals surface area contributed by atoms with Gasteiger partial charge in [-0.15, -0.1) is 10.2 Å². The zero-order chi connectivity index (χ0) is 9.97. The van der Waals surface area contributed by atoms with Crippen LogP contribution >= 0.6 is 0 Å². The van der Waals surface area contributed by atoms with E-state index in [1.54, 1.807) is 30.4 Å². The van der Waals surface area contributed by atoms with Crippen LogP contribution in [0.4, 0.5) is 5.69 Å². The number of methoxy groups -OCH3 is 1. The maximum atomic E-state index is 5.80. The van der Waals surface area contributed by atoms with Crippen LogP contribution in [0.2, 0.25) is 0 Å². The van der Waals surface area contributed by atoms with Crippen LogP contribution in [0.1, 0.15) is 0 Å². The molecule has 5 heteroatoms. The number of aromatic nitrogens is 3. The zero-order valence-electron chi connectivity index (χ0n) is 7.71. The van der Waals surface area contributed by atoms with Crippen molar-refractivity contribution in [2.24, 2.45) is 0 Å². The van der Waals surface area contributed by atoms with E-state index in [-0.39, 0.29) is 0 Å². The lowest BCUT2D eigenvalue weighted by atomic mass is 10.2. The van der Waals surface area contributed by atoms with Gasteiger partial charge in [-0.1, -0.05) is 0 Å². The lowest BCUT2D eigenvalue weighted by molar-refractivity contribution is 0.414. The second-order valence-corrected chi connectivity index (χ2v) is 2.79. The molecule has 0 aliphatic heterocycles. The Morgan fingerprint density at radius 2 is 2.00 bits per heavy atom. The van der Waals surface area contributed by atoms with Crippen molar-refractivity contribution in [1.82, 2.24) is 14.8 Å². The van der Waals surface area contributed by atoms with E-state index in [1.807, 2.05) is 12.1 Å². The predicted octanol–water partition coefficient (Wildman–Crippen LogP) is 0.858. The molecule has 0 bridgehead atoms. The van der Waals surface area contributed by atoms with Crippen molar-refractivity contribution in [2.75, 3.05) is 12.8 Å². The smallest absolute Gasteiger partial charge is 0.123 e. The average Bonchev–Trinajstić information content (AvgIpc) is 2.71. The maximum Gasteiger partial charge on any atom is 0.123 e. The van der Waals surface area contributed by atoms with Gasteiger partial charge in [-0.05, 0) is 12.1 Å². The standard InChI is InChI=1S/C9H10N4O/c1-14-7-2-3-8(10)9(4-7)13-5-11-12-6-13/h2-6H,10H2,1H3. The molecule has 0 unspecified atom stereocenters.